The van der Waals surface area contributed by atoms with Gasteiger partial charge in [0.2, 0.25) is 0 Å². The van der Waals surface area contributed by atoms with Crippen molar-refractivity contribution in [1.82, 2.24) is 0 Å². The first-order valence-corrected chi connectivity index (χ1v) is 5.11. The van der Waals surface area contributed by atoms with Crippen molar-refractivity contribution in [2.24, 2.45) is 5.73 Å². The van der Waals surface area contributed by atoms with E-state index in [2.05, 4.69) is 0 Å². The zero-order chi connectivity index (χ0) is 14.1. The monoisotopic (exact) mass is 271 g/mol. The third kappa shape index (κ3) is 2.95. The van der Waals surface area contributed by atoms with Crippen molar-refractivity contribution in [3.8, 4) is 0 Å². The van der Waals surface area contributed by atoms with E-state index in [9.17, 15) is 26.3 Å². The molecule has 18 heavy (non-hydrogen) atoms. The Morgan fingerprint density at radius 3 is 1.89 bits per heavy atom. The smallest absolute Gasteiger partial charge is 0.326 e. The number of benzene rings is 1. The molecular formula is C11H11F6N. The fourth-order valence-electron chi connectivity index (χ4n) is 1.72. The molecule has 1 nitrogen and oxygen atoms in total. The van der Waals surface area contributed by atoms with Gasteiger partial charge in [0.05, 0.1) is 11.1 Å². The van der Waals surface area contributed by atoms with E-state index in [1.54, 1.807) is 0 Å². The highest BCUT2D eigenvalue weighted by Crippen LogP contribution is 2.42. The lowest BCUT2D eigenvalue weighted by Crippen LogP contribution is -2.20. The maximum Gasteiger partial charge on any atom is 0.417 e. The van der Waals surface area contributed by atoms with E-state index in [0.29, 0.717) is 6.07 Å². The molecule has 102 valence electrons. The van der Waals surface area contributed by atoms with Crippen molar-refractivity contribution in [2.75, 3.05) is 0 Å². The standard InChI is InChI=1S/C11H11F6N/c1-2-7-3-6(5-18)4-8(10(12,13)14)9(7)11(15,16)17/h3-4H,2,5,18H2,1H3. The summed E-state index contributed by atoms with van der Waals surface area (Å²) in [5, 5.41) is 0. The fraction of sp³-hybridized carbons (Fsp3) is 0.455. The van der Waals surface area contributed by atoms with Gasteiger partial charge in [-0.1, -0.05) is 13.0 Å². The molecule has 0 heterocycles. The molecule has 0 atom stereocenters. The van der Waals surface area contributed by atoms with Crippen LogP contribution in [-0.2, 0) is 25.3 Å². The number of alkyl halides is 6. The van der Waals surface area contributed by atoms with Gasteiger partial charge in [-0.3, -0.25) is 0 Å². The van der Waals surface area contributed by atoms with E-state index in [0.717, 1.165) is 6.07 Å². The highest BCUT2D eigenvalue weighted by atomic mass is 19.4. The molecule has 0 radical (unpaired) electrons. The molecule has 2 N–H and O–H groups in total. The third-order valence-electron chi connectivity index (χ3n) is 2.49. The summed E-state index contributed by atoms with van der Waals surface area (Å²) in [7, 11) is 0. The van der Waals surface area contributed by atoms with Crippen LogP contribution in [0.2, 0.25) is 0 Å². The van der Waals surface area contributed by atoms with Crippen LogP contribution in [0.15, 0.2) is 12.1 Å². The molecule has 0 aromatic heterocycles. The van der Waals surface area contributed by atoms with E-state index in [-0.39, 0.29) is 18.5 Å². The topological polar surface area (TPSA) is 26.0 Å². The molecule has 0 amide bonds. The van der Waals surface area contributed by atoms with Crippen LogP contribution in [0.5, 0.6) is 0 Å². The van der Waals surface area contributed by atoms with Gasteiger partial charge in [0.15, 0.2) is 0 Å². The van der Waals surface area contributed by atoms with Crippen LogP contribution in [0.25, 0.3) is 0 Å². The first-order chi connectivity index (χ1) is 8.11. The predicted octanol–water partition coefficient (Wildman–Crippen LogP) is 3.75. The van der Waals surface area contributed by atoms with Crippen LogP contribution >= 0.6 is 0 Å². The molecule has 1 aromatic rings. The minimum atomic E-state index is -5.06. The minimum Gasteiger partial charge on any atom is -0.326 e. The van der Waals surface area contributed by atoms with E-state index in [1.807, 2.05) is 0 Å². The van der Waals surface area contributed by atoms with Gasteiger partial charge in [-0.2, -0.15) is 26.3 Å². The van der Waals surface area contributed by atoms with Crippen molar-refractivity contribution in [2.45, 2.75) is 32.2 Å². The van der Waals surface area contributed by atoms with Crippen LogP contribution in [0.4, 0.5) is 26.3 Å². The van der Waals surface area contributed by atoms with Gasteiger partial charge in [0.25, 0.3) is 0 Å². The zero-order valence-corrected chi connectivity index (χ0v) is 9.41. The zero-order valence-electron chi connectivity index (χ0n) is 9.41. The number of nitrogens with two attached hydrogens (primary N) is 1. The Hall–Kier alpha value is -1.24. The van der Waals surface area contributed by atoms with Gasteiger partial charge in [0.1, 0.15) is 0 Å². The average molecular weight is 271 g/mol. The van der Waals surface area contributed by atoms with Crippen LogP contribution < -0.4 is 5.73 Å². The average Bonchev–Trinajstić information content (AvgIpc) is 2.24. The molecule has 0 spiro atoms. The van der Waals surface area contributed by atoms with Gasteiger partial charge in [-0.25, -0.2) is 0 Å². The maximum absolute atomic E-state index is 12.7. The largest absolute Gasteiger partial charge is 0.417 e. The van der Waals surface area contributed by atoms with E-state index in [1.165, 1.54) is 6.92 Å². The fourth-order valence-corrected chi connectivity index (χ4v) is 1.72. The van der Waals surface area contributed by atoms with Crippen molar-refractivity contribution in [1.29, 1.82) is 0 Å². The Morgan fingerprint density at radius 1 is 1.00 bits per heavy atom. The first kappa shape index (κ1) is 14.8. The number of hydrogen-bond acceptors (Lipinski definition) is 1. The second-order valence-corrected chi connectivity index (χ2v) is 3.73. The lowest BCUT2D eigenvalue weighted by atomic mass is 9.95. The predicted molar refractivity (Wildman–Crippen MR) is 53.7 cm³/mol. The number of halogens is 6. The summed E-state index contributed by atoms with van der Waals surface area (Å²) in [4.78, 5) is 0. The summed E-state index contributed by atoms with van der Waals surface area (Å²) in [5.74, 6) is 0. The second-order valence-electron chi connectivity index (χ2n) is 3.73. The van der Waals surface area contributed by atoms with E-state index < -0.39 is 29.0 Å². The Morgan fingerprint density at radius 2 is 1.56 bits per heavy atom. The molecule has 0 fully saturated rings. The normalized spacial score (nSPS) is 12.9. The second kappa shape index (κ2) is 4.79. The molecule has 1 aromatic carbocycles. The molecule has 0 aliphatic rings. The molecule has 0 saturated heterocycles. The van der Waals surface area contributed by atoms with Gasteiger partial charge >= 0.3 is 12.4 Å². The number of aryl methyl sites for hydroxylation is 1. The third-order valence-corrected chi connectivity index (χ3v) is 2.49. The molecule has 7 heteroatoms. The van der Waals surface area contributed by atoms with Crippen LogP contribution in [0, 0.1) is 0 Å². The molecule has 0 aliphatic carbocycles. The Kier molecular flexibility index (Phi) is 3.95. The number of hydrogen-bond donors (Lipinski definition) is 1. The maximum atomic E-state index is 12.7. The Bertz CT molecular complexity index is 432. The van der Waals surface area contributed by atoms with Crippen LogP contribution in [0.1, 0.15) is 29.2 Å². The molecule has 0 unspecified atom stereocenters. The summed E-state index contributed by atoms with van der Waals surface area (Å²) >= 11 is 0. The highest BCUT2D eigenvalue weighted by Gasteiger charge is 2.44. The SMILES string of the molecule is CCc1cc(CN)cc(C(F)(F)F)c1C(F)(F)F. The summed E-state index contributed by atoms with van der Waals surface area (Å²) < 4.78 is 76.2. The van der Waals surface area contributed by atoms with Gasteiger partial charge < -0.3 is 5.73 Å². The van der Waals surface area contributed by atoms with Crippen LogP contribution in [0.3, 0.4) is 0 Å². The van der Waals surface area contributed by atoms with E-state index in [4.69, 9.17) is 5.73 Å². The van der Waals surface area contributed by atoms with Crippen LogP contribution in [-0.4, -0.2) is 0 Å². The molecular weight excluding hydrogens is 260 g/mol. The van der Waals surface area contributed by atoms with Crippen molar-refractivity contribution in [3.63, 3.8) is 0 Å². The van der Waals surface area contributed by atoms with Gasteiger partial charge in [0, 0.05) is 6.54 Å². The molecule has 0 bridgehead atoms. The number of rotatable bonds is 2. The van der Waals surface area contributed by atoms with Gasteiger partial charge in [-0.15, -0.1) is 0 Å². The van der Waals surface area contributed by atoms with Gasteiger partial charge in [-0.05, 0) is 23.6 Å². The molecule has 0 aliphatic heterocycles. The van der Waals surface area contributed by atoms with Crippen molar-refractivity contribution < 1.29 is 26.3 Å². The first-order valence-electron chi connectivity index (χ1n) is 5.11. The minimum absolute atomic E-state index is 0.0344. The lowest BCUT2D eigenvalue weighted by molar-refractivity contribution is -0.162. The molecule has 1 rings (SSSR count). The Balaban J connectivity index is 3.64. The summed E-state index contributed by atoms with van der Waals surface area (Å²) in [6, 6.07) is 1.53. The quantitative estimate of drug-likeness (QED) is 0.814. The lowest BCUT2D eigenvalue weighted by Gasteiger charge is -2.20. The van der Waals surface area contributed by atoms with Crippen molar-refractivity contribution >= 4 is 0 Å². The van der Waals surface area contributed by atoms with Crippen molar-refractivity contribution in [3.05, 3.63) is 34.4 Å². The molecule has 0 saturated carbocycles. The Labute approximate surface area is 99.6 Å². The summed E-state index contributed by atoms with van der Waals surface area (Å²) in [6.07, 6.45) is -10.2. The van der Waals surface area contributed by atoms with E-state index >= 15 is 0 Å². The summed E-state index contributed by atoms with van der Waals surface area (Å²) in [6.45, 7) is 1.12. The summed E-state index contributed by atoms with van der Waals surface area (Å²) in [5.41, 5.74) is 1.55. The highest BCUT2D eigenvalue weighted by molar-refractivity contribution is 5.43.